The second kappa shape index (κ2) is 5.87. The second-order valence-electron chi connectivity index (χ2n) is 4.75. The number of carbonyl (C=O) groups is 2. The van der Waals surface area contributed by atoms with Gasteiger partial charge in [0, 0.05) is 6.42 Å². The molecule has 1 aliphatic rings. The number of carbonyl (C=O) groups excluding carboxylic acids is 1. The predicted octanol–water partition coefficient (Wildman–Crippen LogP) is 1.79. The third-order valence-electron chi connectivity index (χ3n) is 3.27. The largest absolute Gasteiger partial charge is 0.480 e. The zero-order valence-electron chi connectivity index (χ0n) is 10.0. The van der Waals surface area contributed by atoms with Gasteiger partial charge in [-0.15, -0.1) is 0 Å². The van der Waals surface area contributed by atoms with Gasteiger partial charge in [0.15, 0.2) is 0 Å². The fraction of sp³-hybridized carbons (Fsp3) is 0.833. The van der Waals surface area contributed by atoms with Crippen LogP contribution >= 0.6 is 0 Å². The molecule has 1 aliphatic carbocycles. The minimum Gasteiger partial charge on any atom is -0.480 e. The Balaban J connectivity index is 2.33. The van der Waals surface area contributed by atoms with Crippen molar-refractivity contribution in [2.45, 2.75) is 52.0 Å². The Labute approximate surface area is 96.4 Å². The van der Waals surface area contributed by atoms with Crippen molar-refractivity contribution in [1.82, 2.24) is 5.32 Å². The van der Waals surface area contributed by atoms with E-state index in [0.717, 1.165) is 12.8 Å². The van der Waals surface area contributed by atoms with E-state index in [4.69, 9.17) is 5.11 Å². The van der Waals surface area contributed by atoms with Crippen LogP contribution in [0.15, 0.2) is 0 Å². The molecular weight excluding hydrogens is 206 g/mol. The molecule has 16 heavy (non-hydrogen) atoms. The van der Waals surface area contributed by atoms with Crippen LogP contribution < -0.4 is 5.32 Å². The molecule has 0 aromatic rings. The van der Waals surface area contributed by atoms with Crippen molar-refractivity contribution in [3.63, 3.8) is 0 Å². The van der Waals surface area contributed by atoms with Crippen LogP contribution in [0.4, 0.5) is 0 Å². The van der Waals surface area contributed by atoms with Crippen molar-refractivity contribution in [2.24, 2.45) is 11.8 Å². The number of carboxylic acid groups (broad SMARTS) is 1. The first-order chi connectivity index (χ1) is 7.54. The monoisotopic (exact) mass is 227 g/mol. The Morgan fingerprint density at radius 1 is 1.44 bits per heavy atom. The number of amides is 1. The first-order valence-corrected chi connectivity index (χ1v) is 6.06. The first kappa shape index (κ1) is 13.0. The standard InChI is InChI=1S/C12H21NO3/c1-3-8(2)11(12(15)16)13-10(14)7-6-9-4-5-9/h8-9,11H,3-7H2,1-2H3,(H,13,14)(H,15,16)/t8-,11-/m0/s1. The van der Waals surface area contributed by atoms with Gasteiger partial charge >= 0.3 is 5.97 Å². The van der Waals surface area contributed by atoms with Crippen LogP contribution in [0.1, 0.15) is 46.0 Å². The van der Waals surface area contributed by atoms with Gasteiger partial charge in [0.1, 0.15) is 6.04 Å². The van der Waals surface area contributed by atoms with E-state index in [1.165, 1.54) is 12.8 Å². The topological polar surface area (TPSA) is 66.4 Å². The van der Waals surface area contributed by atoms with Gasteiger partial charge in [0.05, 0.1) is 0 Å². The Morgan fingerprint density at radius 2 is 2.06 bits per heavy atom. The summed E-state index contributed by atoms with van der Waals surface area (Å²) in [6.45, 7) is 3.77. The lowest BCUT2D eigenvalue weighted by Gasteiger charge is -2.20. The third-order valence-corrected chi connectivity index (χ3v) is 3.27. The molecule has 0 saturated heterocycles. The van der Waals surface area contributed by atoms with Gasteiger partial charge in [-0.05, 0) is 18.3 Å². The van der Waals surface area contributed by atoms with E-state index in [9.17, 15) is 9.59 Å². The molecule has 0 aromatic carbocycles. The summed E-state index contributed by atoms with van der Waals surface area (Å²) in [5.41, 5.74) is 0. The molecule has 2 atom stereocenters. The molecule has 0 spiro atoms. The molecule has 0 heterocycles. The molecule has 1 amide bonds. The lowest BCUT2D eigenvalue weighted by Crippen LogP contribution is -2.44. The minimum atomic E-state index is -0.936. The molecule has 0 unspecified atom stereocenters. The highest BCUT2D eigenvalue weighted by molar-refractivity contribution is 5.83. The van der Waals surface area contributed by atoms with Crippen LogP contribution in [0, 0.1) is 11.8 Å². The third kappa shape index (κ3) is 4.21. The van der Waals surface area contributed by atoms with Crippen LogP contribution in [0.3, 0.4) is 0 Å². The number of carboxylic acids is 1. The number of rotatable bonds is 7. The lowest BCUT2D eigenvalue weighted by molar-refractivity contribution is -0.143. The van der Waals surface area contributed by atoms with E-state index in [0.29, 0.717) is 12.3 Å². The zero-order chi connectivity index (χ0) is 12.1. The molecule has 2 N–H and O–H groups in total. The summed E-state index contributed by atoms with van der Waals surface area (Å²) in [5.74, 6) is -0.381. The van der Waals surface area contributed by atoms with Gasteiger partial charge in [-0.3, -0.25) is 4.79 Å². The number of aliphatic carboxylic acids is 1. The average Bonchev–Trinajstić information content (AvgIpc) is 3.05. The van der Waals surface area contributed by atoms with E-state index in [1.54, 1.807) is 0 Å². The van der Waals surface area contributed by atoms with Crippen molar-refractivity contribution in [2.75, 3.05) is 0 Å². The normalized spacial score (nSPS) is 18.9. The highest BCUT2D eigenvalue weighted by Crippen LogP contribution is 2.33. The quantitative estimate of drug-likeness (QED) is 0.697. The van der Waals surface area contributed by atoms with Crippen molar-refractivity contribution >= 4 is 11.9 Å². The SMILES string of the molecule is CC[C@H](C)[C@H](NC(=O)CCC1CC1)C(=O)O. The van der Waals surface area contributed by atoms with E-state index in [2.05, 4.69) is 5.32 Å². The lowest BCUT2D eigenvalue weighted by atomic mass is 9.99. The van der Waals surface area contributed by atoms with Crippen LogP contribution in [-0.4, -0.2) is 23.0 Å². The molecule has 1 rings (SSSR count). The van der Waals surface area contributed by atoms with Crippen LogP contribution in [-0.2, 0) is 9.59 Å². The Kier molecular flexibility index (Phi) is 4.77. The van der Waals surface area contributed by atoms with Crippen LogP contribution in [0.25, 0.3) is 0 Å². The fourth-order valence-electron chi connectivity index (χ4n) is 1.67. The molecule has 92 valence electrons. The van der Waals surface area contributed by atoms with E-state index in [1.807, 2.05) is 13.8 Å². The molecule has 0 aromatic heterocycles. The van der Waals surface area contributed by atoms with Gasteiger partial charge in [0.2, 0.25) is 5.91 Å². The second-order valence-corrected chi connectivity index (χ2v) is 4.75. The molecular formula is C12H21NO3. The molecule has 0 aliphatic heterocycles. The maximum absolute atomic E-state index is 11.5. The number of hydrogen-bond acceptors (Lipinski definition) is 2. The highest BCUT2D eigenvalue weighted by atomic mass is 16.4. The molecule has 1 saturated carbocycles. The average molecular weight is 227 g/mol. The summed E-state index contributed by atoms with van der Waals surface area (Å²) in [5, 5.41) is 11.6. The maximum Gasteiger partial charge on any atom is 0.326 e. The predicted molar refractivity (Wildman–Crippen MR) is 61.0 cm³/mol. The van der Waals surface area contributed by atoms with E-state index < -0.39 is 12.0 Å². The Hall–Kier alpha value is -1.06. The van der Waals surface area contributed by atoms with E-state index in [-0.39, 0.29) is 11.8 Å². The molecule has 4 nitrogen and oxygen atoms in total. The fourth-order valence-corrected chi connectivity index (χ4v) is 1.67. The summed E-state index contributed by atoms with van der Waals surface area (Å²) >= 11 is 0. The number of hydrogen-bond donors (Lipinski definition) is 2. The summed E-state index contributed by atoms with van der Waals surface area (Å²) in [6.07, 6.45) is 4.56. The highest BCUT2D eigenvalue weighted by Gasteiger charge is 2.26. The Bertz CT molecular complexity index is 261. The smallest absolute Gasteiger partial charge is 0.326 e. The van der Waals surface area contributed by atoms with Crippen molar-refractivity contribution in [3.8, 4) is 0 Å². The van der Waals surface area contributed by atoms with E-state index >= 15 is 0 Å². The Morgan fingerprint density at radius 3 is 2.50 bits per heavy atom. The number of nitrogens with one attached hydrogen (secondary N) is 1. The van der Waals surface area contributed by atoms with Gasteiger partial charge in [-0.2, -0.15) is 0 Å². The molecule has 0 radical (unpaired) electrons. The van der Waals surface area contributed by atoms with Gasteiger partial charge in [-0.1, -0.05) is 33.1 Å². The van der Waals surface area contributed by atoms with Crippen molar-refractivity contribution in [3.05, 3.63) is 0 Å². The van der Waals surface area contributed by atoms with Gasteiger partial charge < -0.3 is 10.4 Å². The summed E-state index contributed by atoms with van der Waals surface area (Å²) in [4.78, 5) is 22.5. The van der Waals surface area contributed by atoms with Gasteiger partial charge in [-0.25, -0.2) is 4.79 Å². The first-order valence-electron chi connectivity index (χ1n) is 6.06. The summed E-state index contributed by atoms with van der Waals surface area (Å²) in [6, 6.07) is -0.739. The molecule has 1 fully saturated rings. The zero-order valence-corrected chi connectivity index (χ0v) is 10.0. The molecule has 4 heteroatoms. The van der Waals surface area contributed by atoms with Gasteiger partial charge in [0.25, 0.3) is 0 Å². The minimum absolute atomic E-state index is 0.0256. The van der Waals surface area contributed by atoms with Crippen molar-refractivity contribution in [1.29, 1.82) is 0 Å². The van der Waals surface area contributed by atoms with Crippen molar-refractivity contribution < 1.29 is 14.7 Å². The summed E-state index contributed by atoms with van der Waals surface area (Å²) < 4.78 is 0. The summed E-state index contributed by atoms with van der Waals surface area (Å²) in [7, 11) is 0. The van der Waals surface area contributed by atoms with Crippen LogP contribution in [0.2, 0.25) is 0 Å². The molecule has 0 bridgehead atoms. The van der Waals surface area contributed by atoms with Crippen LogP contribution in [0.5, 0.6) is 0 Å². The maximum atomic E-state index is 11.5.